The number of hydrogen-bond donors (Lipinski definition) is 4. The van der Waals surface area contributed by atoms with Crippen molar-refractivity contribution in [2.24, 2.45) is 0 Å². The Hall–Kier alpha value is -1.63. The Morgan fingerprint density at radius 2 is 1.95 bits per heavy atom. The van der Waals surface area contributed by atoms with Gasteiger partial charge >= 0.3 is 5.97 Å². The molecule has 0 bridgehead atoms. The SMILES string of the molecule is C[C@H](O)[C@H](NC[C@H](O)COc1ccccc1)C(=O)O. The van der Waals surface area contributed by atoms with Crippen molar-refractivity contribution >= 4 is 5.97 Å². The van der Waals surface area contributed by atoms with Crippen molar-refractivity contribution in [1.82, 2.24) is 5.32 Å². The number of carboxylic acid groups (broad SMARTS) is 1. The van der Waals surface area contributed by atoms with Crippen LogP contribution in [0.15, 0.2) is 30.3 Å². The first kappa shape index (κ1) is 15.4. The standard InChI is InChI=1S/C13H19NO5/c1-9(15)12(13(17)18)14-7-10(16)8-19-11-5-3-2-4-6-11/h2-6,9-10,12,14-16H,7-8H2,1H3,(H,17,18)/t9-,10-,12-/m0/s1. The predicted octanol–water partition coefficient (Wildman–Crippen LogP) is -0.150. The van der Waals surface area contributed by atoms with Gasteiger partial charge in [0.15, 0.2) is 0 Å². The number of ether oxygens (including phenoxy) is 1. The van der Waals surface area contributed by atoms with E-state index in [0.29, 0.717) is 5.75 Å². The number of aliphatic carboxylic acids is 1. The molecular weight excluding hydrogens is 250 g/mol. The van der Waals surface area contributed by atoms with Gasteiger partial charge in [-0.2, -0.15) is 0 Å². The van der Waals surface area contributed by atoms with Crippen LogP contribution in [0, 0.1) is 0 Å². The van der Waals surface area contributed by atoms with Crippen LogP contribution >= 0.6 is 0 Å². The third kappa shape index (κ3) is 5.69. The van der Waals surface area contributed by atoms with Gasteiger partial charge in [0.2, 0.25) is 0 Å². The monoisotopic (exact) mass is 269 g/mol. The van der Waals surface area contributed by atoms with Gasteiger partial charge in [-0.05, 0) is 19.1 Å². The van der Waals surface area contributed by atoms with E-state index in [0.717, 1.165) is 0 Å². The first-order chi connectivity index (χ1) is 9.00. The highest BCUT2D eigenvalue weighted by Crippen LogP contribution is 2.08. The number of hydrogen-bond acceptors (Lipinski definition) is 5. The minimum Gasteiger partial charge on any atom is -0.491 e. The molecule has 0 unspecified atom stereocenters. The Morgan fingerprint density at radius 3 is 2.47 bits per heavy atom. The van der Waals surface area contributed by atoms with Gasteiger partial charge in [-0.1, -0.05) is 18.2 Å². The van der Waals surface area contributed by atoms with Crippen LogP contribution in [-0.2, 0) is 4.79 Å². The van der Waals surface area contributed by atoms with Crippen molar-refractivity contribution in [3.8, 4) is 5.75 Å². The summed E-state index contributed by atoms with van der Waals surface area (Å²) in [4.78, 5) is 10.8. The third-order valence-corrected chi connectivity index (χ3v) is 2.51. The second kappa shape index (κ2) is 7.73. The Morgan fingerprint density at radius 1 is 1.32 bits per heavy atom. The fraction of sp³-hybridized carbons (Fsp3) is 0.462. The fourth-order valence-electron chi connectivity index (χ4n) is 1.50. The summed E-state index contributed by atoms with van der Waals surface area (Å²) in [7, 11) is 0. The summed E-state index contributed by atoms with van der Waals surface area (Å²) in [6.07, 6.45) is -1.90. The number of rotatable bonds is 8. The average Bonchev–Trinajstić information content (AvgIpc) is 2.37. The Kier molecular flexibility index (Phi) is 6.27. The molecule has 0 amide bonds. The van der Waals surface area contributed by atoms with Crippen LogP contribution in [0.5, 0.6) is 5.75 Å². The van der Waals surface area contributed by atoms with Gasteiger partial charge in [0.05, 0.1) is 6.10 Å². The number of aliphatic hydroxyl groups excluding tert-OH is 2. The maximum atomic E-state index is 10.8. The Balaban J connectivity index is 2.31. The molecule has 0 saturated carbocycles. The second-order valence-electron chi connectivity index (χ2n) is 4.24. The Labute approximate surface area is 111 Å². The Bertz CT molecular complexity index is 382. The topological polar surface area (TPSA) is 99.0 Å². The number of carbonyl (C=O) groups is 1. The maximum absolute atomic E-state index is 10.8. The van der Waals surface area contributed by atoms with Crippen molar-refractivity contribution in [2.75, 3.05) is 13.2 Å². The minimum absolute atomic E-state index is 0.0225. The lowest BCUT2D eigenvalue weighted by Crippen LogP contribution is -2.48. The molecule has 1 rings (SSSR count). The van der Waals surface area contributed by atoms with E-state index < -0.39 is 24.2 Å². The second-order valence-corrected chi connectivity index (χ2v) is 4.24. The summed E-state index contributed by atoms with van der Waals surface area (Å²) in [6, 6.07) is 7.89. The molecule has 106 valence electrons. The summed E-state index contributed by atoms with van der Waals surface area (Å²) < 4.78 is 5.32. The van der Waals surface area contributed by atoms with Crippen molar-refractivity contribution in [1.29, 1.82) is 0 Å². The van der Waals surface area contributed by atoms with Crippen molar-refractivity contribution < 1.29 is 24.9 Å². The van der Waals surface area contributed by atoms with Gasteiger partial charge in [-0.25, -0.2) is 0 Å². The van der Waals surface area contributed by atoms with Gasteiger partial charge in [-0.15, -0.1) is 0 Å². The number of aliphatic hydroxyl groups is 2. The molecule has 0 aliphatic rings. The van der Waals surface area contributed by atoms with Crippen LogP contribution in [0.3, 0.4) is 0 Å². The van der Waals surface area contributed by atoms with E-state index in [1.165, 1.54) is 6.92 Å². The zero-order valence-electron chi connectivity index (χ0n) is 10.7. The van der Waals surface area contributed by atoms with Crippen LogP contribution in [0.25, 0.3) is 0 Å². The molecule has 4 N–H and O–H groups in total. The number of benzene rings is 1. The summed E-state index contributed by atoms with van der Waals surface area (Å²) in [5.74, 6) is -0.530. The smallest absolute Gasteiger partial charge is 0.323 e. The molecule has 6 heteroatoms. The fourth-order valence-corrected chi connectivity index (χ4v) is 1.50. The van der Waals surface area contributed by atoms with E-state index in [-0.39, 0.29) is 13.2 Å². The molecule has 0 heterocycles. The lowest BCUT2D eigenvalue weighted by atomic mass is 10.2. The van der Waals surface area contributed by atoms with Crippen LogP contribution < -0.4 is 10.1 Å². The molecule has 1 aromatic rings. The predicted molar refractivity (Wildman–Crippen MR) is 69.1 cm³/mol. The zero-order valence-corrected chi connectivity index (χ0v) is 10.7. The molecule has 0 fully saturated rings. The third-order valence-electron chi connectivity index (χ3n) is 2.51. The van der Waals surface area contributed by atoms with E-state index in [1.807, 2.05) is 18.2 Å². The van der Waals surface area contributed by atoms with E-state index in [1.54, 1.807) is 12.1 Å². The van der Waals surface area contributed by atoms with E-state index in [2.05, 4.69) is 5.32 Å². The quantitative estimate of drug-likeness (QED) is 0.524. The molecule has 0 aliphatic carbocycles. The molecule has 0 spiro atoms. The van der Waals surface area contributed by atoms with E-state index in [9.17, 15) is 15.0 Å². The highest BCUT2D eigenvalue weighted by atomic mass is 16.5. The van der Waals surface area contributed by atoms with Crippen molar-refractivity contribution in [2.45, 2.75) is 25.2 Å². The maximum Gasteiger partial charge on any atom is 0.323 e. The molecule has 0 aliphatic heterocycles. The minimum atomic E-state index is -1.16. The zero-order chi connectivity index (χ0) is 14.3. The lowest BCUT2D eigenvalue weighted by molar-refractivity contribution is -0.142. The van der Waals surface area contributed by atoms with Gasteiger partial charge in [0.25, 0.3) is 0 Å². The normalized spacial score (nSPS) is 15.5. The lowest BCUT2D eigenvalue weighted by Gasteiger charge is -2.19. The first-order valence-corrected chi connectivity index (χ1v) is 6.01. The molecule has 3 atom stereocenters. The van der Waals surface area contributed by atoms with Crippen LogP contribution in [0.1, 0.15) is 6.92 Å². The molecule has 0 saturated heterocycles. The largest absolute Gasteiger partial charge is 0.491 e. The first-order valence-electron chi connectivity index (χ1n) is 6.01. The molecule has 6 nitrogen and oxygen atoms in total. The van der Waals surface area contributed by atoms with E-state index >= 15 is 0 Å². The summed E-state index contributed by atoms with van der Waals surface area (Å²) in [5, 5.41) is 30.3. The summed E-state index contributed by atoms with van der Waals surface area (Å²) in [5.41, 5.74) is 0. The number of carboxylic acids is 1. The van der Waals surface area contributed by atoms with Crippen LogP contribution in [0.4, 0.5) is 0 Å². The summed E-state index contributed by atoms with van der Waals surface area (Å²) >= 11 is 0. The van der Waals surface area contributed by atoms with Gasteiger partial charge in [0, 0.05) is 6.54 Å². The molecule has 0 aromatic heterocycles. The molecular formula is C13H19NO5. The summed E-state index contributed by atoms with van der Waals surface area (Å²) in [6.45, 7) is 1.44. The van der Waals surface area contributed by atoms with Gasteiger partial charge in [-0.3, -0.25) is 10.1 Å². The molecule has 1 aromatic carbocycles. The average molecular weight is 269 g/mol. The van der Waals surface area contributed by atoms with Gasteiger partial charge in [0.1, 0.15) is 24.5 Å². The number of para-hydroxylation sites is 1. The number of nitrogens with one attached hydrogen (secondary N) is 1. The molecule has 0 radical (unpaired) electrons. The van der Waals surface area contributed by atoms with Crippen molar-refractivity contribution in [3.63, 3.8) is 0 Å². The van der Waals surface area contributed by atoms with Crippen LogP contribution in [0.2, 0.25) is 0 Å². The highest BCUT2D eigenvalue weighted by molar-refractivity contribution is 5.74. The van der Waals surface area contributed by atoms with Crippen molar-refractivity contribution in [3.05, 3.63) is 30.3 Å². The van der Waals surface area contributed by atoms with Gasteiger partial charge < -0.3 is 20.1 Å². The highest BCUT2D eigenvalue weighted by Gasteiger charge is 2.23. The van der Waals surface area contributed by atoms with Crippen LogP contribution in [-0.4, -0.2) is 52.7 Å². The molecule has 19 heavy (non-hydrogen) atoms. The van der Waals surface area contributed by atoms with E-state index in [4.69, 9.17) is 9.84 Å².